The van der Waals surface area contributed by atoms with Gasteiger partial charge in [-0.05, 0) is 23.5 Å². The van der Waals surface area contributed by atoms with E-state index in [-0.39, 0.29) is 0 Å². The first-order valence-corrected chi connectivity index (χ1v) is 4.12. The molecule has 1 unspecified atom stereocenters. The lowest BCUT2D eigenvalue weighted by atomic mass is 9.84. The fraction of sp³-hybridized carbons (Fsp3) is 0.273. The zero-order valence-electron chi connectivity index (χ0n) is 6.75. The summed E-state index contributed by atoms with van der Waals surface area (Å²) in [5.41, 5.74) is 2.91. The van der Waals surface area contributed by atoms with Crippen LogP contribution in [0.1, 0.15) is 18.9 Å². The maximum Gasteiger partial charge on any atom is -0.0215 e. The Morgan fingerprint density at radius 3 is 2.36 bits per heavy atom. The number of hydrogen-bond donors (Lipinski definition) is 0. The van der Waals surface area contributed by atoms with Crippen LogP contribution >= 0.6 is 0 Å². The van der Waals surface area contributed by atoms with Gasteiger partial charge in [0.25, 0.3) is 0 Å². The molecule has 11 heavy (non-hydrogen) atoms. The summed E-state index contributed by atoms with van der Waals surface area (Å²) in [5, 5.41) is 0. The van der Waals surface area contributed by atoms with Crippen molar-refractivity contribution in [1.82, 2.24) is 0 Å². The van der Waals surface area contributed by atoms with Crippen LogP contribution in [0.4, 0.5) is 0 Å². The second kappa shape index (κ2) is 2.54. The fourth-order valence-corrected chi connectivity index (χ4v) is 1.52. The topological polar surface area (TPSA) is 0 Å². The highest BCUT2D eigenvalue weighted by Gasteiger charge is 2.14. The Labute approximate surface area is 67.6 Å². The van der Waals surface area contributed by atoms with Crippen LogP contribution in [0.2, 0.25) is 0 Å². The summed E-state index contributed by atoms with van der Waals surface area (Å²) < 4.78 is 0. The summed E-state index contributed by atoms with van der Waals surface area (Å²) in [7, 11) is 0. The lowest BCUT2D eigenvalue weighted by Gasteiger charge is -2.21. The number of hydrogen-bond acceptors (Lipinski definition) is 0. The van der Waals surface area contributed by atoms with Crippen molar-refractivity contribution in [3.8, 4) is 0 Å². The number of benzene rings is 1. The van der Waals surface area contributed by atoms with Gasteiger partial charge in [0.1, 0.15) is 0 Å². The van der Waals surface area contributed by atoms with Gasteiger partial charge in [-0.15, -0.1) is 0 Å². The highest BCUT2D eigenvalue weighted by Crippen LogP contribution is 2.32. The highest BCUT2D eigenvalue weighted by atomic mass is 14.2. The SMILES string of the molecule is CC1C=C(c2ccccc2)C1. The Hall–Kier alpha value is -1.04. The van der Waals surface area contributed by atoms with Crippen molar-refractivity contribution in [3.63, 3.8) is 0 Å². The summed E-state index contributed by atoms with van der Waals surface area (Å²) >= 11 is 0. The standard InChI is InChI=1S/C11H12/c1-9-7-11(8-9)10-5-3-2-4-6-10/h2-7,9H,8H2,1H3. The molecule has 1 atom stereocenters. The lowest BCUT2D eigenvalue weighted by Crippen LogP contribution is -2.04. The molecule has 1 aliphatic carbocycles. The largest absolute Gasteiger partial charge is 0.0775 e. The van der Waals surface area contributed by atoms with Crippen molar-refractivity contribution in [1.29, 1.82) is 0 Å². The minimum atomic E-state index is 0.796. The Kier molecular flexibility index (Phi) is 1.54. The van der Waals surface area contributed by atoms with Crippen molar-refractivity contribution >= 4 is 5.57 Å². The van der Waals surface area contributed by atoms with E-state index >= 15 is 0 Å². The van der Waals surface area contributed by atoms with E-state index in [1.807, 2.05) is 0 Å². The van der Waals surface area contributed by atoms with Gasteiger partial charge >= 0.3 is 0 Å². The average Bonchev–Trinajstić information content (AvgIpc) is 2.01. The van der Waals surface area contributed by atoms with Gasteiger partial charge in [-0.1, -0.05) is 43.3 Å². The normalized spacial score (nSPS) is 22.3. The van der Waals surface area contributed by atoms with Gasteiger partial charge in [0.2, 0.25) is 0 Å². The van der Waals surface area contributed by atoms with E-state index in [4.69, 9.17) is 0 Å². The van der Waals surface area contributed by atoms with Crippen molar-refractivity contribution < 1.29 is 0 Å². The van der Waals surface area contributed by atoms with E-state index in [1.54, 1.807) is 0 Å². The quantitative estimate of drug-likeness (QED) is 0.568. The van der Waals surface area contributed by atoms with E-state index in [0.717, 1.165) is 5.92 Å². The Morgan fingerprint density at radius 1 is 1.18 bits per heavy atom. The Balaban J connectivity index is 2.26. The predicted octanol–water partition coefficient (Wildman–Crippen LogP) is 3.11. The van der Waals surface area contributed by atoms with Crippen molar-refractivity contribution in [2.24, 2.45) is 5.92 Å². The van der Waals surface area contributed by atoms with Gasteiger partial charge < -0.3 is 0 Å². The van der Waals surface area contributed by atoms with Crippen molar-refractivity contribution in [2.45, 2.75) is 13.3 Å². The average molecular weight is 144 g/mol. The van der Waals surface area contributed by atoms with Crippen LogP contribution in [0.5, 0.6) is 0 Å². The minimum absolute atomic E-state index is 0.796. The molecule has 0 heterocycles. The van der Waals surface area contributed by atoms with Crippen LogP contribution < -0.4 is 0 Å². The molecule has 0 nitrogen and oxygen atoms in total. The second-order valence-electron chi connectivity index (χ2n) is 3.24. The predicted molar refractivity (Wildman–Crippen MR) is 48.2 cm³/mol. The molecule has 0 aromatic heterocycles. The second-order valence-corrected chi connectivity index (χ2v) is 3.24. The third-order valence-corrected chi connectivity index (χ3v) is 2.17. The smallest absolute Gasteiger partial charge is 0.0215 e. The summed E-state index contributed by atoms with van der Waals surface area (Å²) in [6.07, 6.45) is 3.60. The maximum absolute atomic E-state index is 2.34. The highest BCUT2D eigenvalue weighted by molar-refractivity contribution is 5.70. The third kappa shape index (κ3) is 1.21. The lowest BCUT2D eigenvalue weighted by molar-refractivity contribution is 0.701. The molecule has 1 aromatic carbocycles. The summed E-state index contributed by atoms with van der Waals surface area (Å²) in [6.45, 7) is 2.26. The van der Waals surface area contributed by atoms with Gasteiger partial charge in [-0.25, -0.2) is 0 Å². The van der Waals surface area contributed by atoms with E-state index in [0.29, 0.717) is 0 Å². The molecule has 0 aliphatic heterocycles. The maximum atomic E-state index is 2.34. The van der Waals surface area contributed by atoms with E-state index in [9.17, 15) is 0 Å². The van der Waals surface area contributed by atoms with Crippen LogP contribution in [0.3, 0.4) is 0 Å². The van der Waals surface area contributed by atoms with Crippen LogP contribution in [-0.2, 0) is 0 Å². The Morgan fingerprint density at radius 2 is 1.82 bits per heavy atom. The summed E-state index contributed by atoms with van der Waals surface area (Å²) in [4.78, 5) is 0. The third-order valence-electron chi connectivity index (χ3n) is 2.17. The van der Waals surface area contributed by atoms with E-state index in [2.05, 4.69) is 43.3 Å². The fourth-order valence-electron chi connectivity index (χ4n) is 1.52. The zero-order chi connectivity index (χ0) is 7.68. The molecular weight excluding hydrogens is 132 g/mol. The molecule has 0 N–H and O–H groups in total. The van der Waals surface area contributed by atoms with Crippen molar-refractivity contribution in [3.05, 3.63) is 42.0 Å². The van der Waals surface area contributed by atoms with E-state index in [1.165, 1.54) is 17.6 Å². The molecular formula is C11H12. The molecule has 0 amide bonds. The molecule has 56 valence electrons. The monoisotopic (exact) mass is 144 g/mol. The summed E-state index contributed by atoms with van der Waals surface area (Å²) in [5.74, 6) is 0.796. The van der Waals surface area contributed by atoms with E-state index < -0.39 is 0 Å². The molecule has 0 radical (unpaired) electrons. The zero-order valence-corrected chi connectivity index (χ0v) is 6.75. The first-order chi connectivity index (χ1) is 5.36. The van der Waals surface area contributed by atoms with Gasteiger partial charge in [-0.3, -0.25) is 0 Å². The minimum Gasteiger partial charge on any atom is -0.0775 e. The van der Waals surface area contributed by atoms with Gasteiger partial charge in [-0.2, -0.15) is 0 Å². The first kappa shape index (κ1) is 6.66. The molecule has 0 bridgehead atoms. The molecule has 0 heteroatoms. The van der Waals surface area contributed by atoms with Gasteiger partial charge in [0.05, 0.1) is 0 Å². The molecule has 1 aliphatic rings. The molecule has 0 fully saturated rings. The number of allylic oxidation sites excluding steroid dienone is 2. The van der Waals surface area contributed by atoms with Gasteiger partial charge in [0.15, 0.2) is 0 Å². The Bertz CT molecular complexity index is 269. The molecule has 1 aromatic rings. The van der Waals surface area contributed by atoms with Crippen LogP contribution in [0.15, 0.2) is 36.4 Å². The molecule has 0 saturated heterocycles. The molecule has 2 rings (SSSR count). The van der Waals surface area contributed by atoms with Crippen LogP contribution in [-0.4, -0.2) is 0 Å². The van der Waals surface area contributed by atoms with Crippen LogP contribution in [0, 0.1) is 5.92 Å². The molecule has 0 spiro atoms. The summed E-state index contributed by atoms with van der Waals surface area (Å²) in [6, 6.07) is 10.6. The van der Waals surface area contributed by atoms with Crippen LogP contribution in [0.25, 0.3) is 5.57 Å². The van der Waals surface area contributed by atoms with Gasteiger partial charge in [0, 0.05) is 0 Å². The van der Waals surface area contributed by atoms with Crippen molar-refractivity contribution in [2.75, 3.05) is 0 Å². The molecule has 0 saturated carbocycles. The number of rotatable bonds is 1. The first-order valence-electron chi connectivity index (χ1n) is 4.12.